The summed E-state index contributed by atoms with van der Waals surface area (Å²) in [4.78, 5) is 10.4. The number of hydrogen-bond acceptors (Lipinski definition) is 4. The molecule has 5 heteroatoms. The Bertz CT molecular complexity index is 789. The fraction of sp³-hybridized carbons (Fsp3) is 0.211. The SMILES string of the molecule is CCC(C)Oc1ccc(C=C(C#N)c2cccc([N+](=O)[O-])c2)cc1. The summed E-state index contributed by atoms with van der Waals surface area (Å²) in [6.45, 7) is 4.06. The molecule has 0 aliphatic rings. The van der Waals surface area contributed by atoms with Crippen LogP contribution < -0.4 is 4.74 Å². The summed E-state index contributed by atoms with van der Waals surface area (Å²) >= 11 is 0. The molecular formula is C19H18N2O3. The Labute approximate surface area is 141 Å². The largest absolute Gasteiger partial charge is 0.491 e. The molecule has 1 atom stereocenters. The summed E-state index contributed by atoms with van der Waals surface area (Å²) in [7, 11) is 0. The van der Waals surface area contributed by atoms with Crippen molar-refractivity contribution in [2.45, 2.75) is 26.4 Å². The van der Waals surface area contributed by atoms with Gasteiger partial charge < -0.3 is 4.74 Å². The van der Waals surface area contributed by atoms with E-state index >= 15 is 0 Å². The monoisotopic (exact) mass is 322 g/mol. The highest BCUT2D eigenvalue weighted by Crippen LogP contribution is 2.23. The molecule has 0 N–H and O–H groups in total. The molecule has 0 aromatic heterocycles. The molecular weight excluding hydrogens is 304 g/mol. The molecule has 5 nitrogen and oxygen atoms in total. The molecule has 0 saturated carbocycles. The van der Waals surface area contributed by atoms with Gasteiger partial charge in [-0.25, -0.2) is 0 Å². The highest BCUT2D eigenvalue weighted by atomic mass is 16.6. The van der Waals surface area contributed by atoms with Gasteiger partial charge in [0, 0.05) is 12.1 Å². The van der Waals surface area contributed by atoms with Gasteiger partial charge in [0.05, 0.1) is 22.7 Å². The van der Waals surface area contributed by atoms with E-state index in [4.69, 9.17) is 4.74 Å². The van der Waals surface area contributed by atoms with Crippen LogP contribution in [0.15, 0.2) is 48.5 Å². The van der Waals surface area contributed by atoms with Crippen LogP contribution in [0.3, 0.4) is 0 Å². The number of rotatable bonds is 6. The van der Waals surface area contributed by atoms with Crippen LogP contribution in [0.1, 0.15) is 31.4 Å². The van der Waals surface area contributed by atoms with Gasteiger partial charge in [-0.05, 0) is 42.7 Å². The number of nitrogens with zero attached hydrogens (tertiary/aromatic N) is 2. The number of nitro groups is 1. The molecule has 0 amide bonds. The first-order valence-corrected chi connectivity index (χ1v) is 7.66. The van der Waals surface area contributed by atoms with Gasteiger partial charge in [0.25, 0.3) is 5.69 Å². The van der Waals surface area contributed by atoms with Gasteiger partial charge in [0.15, 0.2) is 0 Å². The van der Waals surface area contributed by atoms with E-state index < -0.39 is 4.92 Å². The second kappa shape index (κ2) is 7.93. The molecule has 0 saturated heterocycles. The van der Waals surface area contributed by atoms with Crippen molar-refractivity contribution in [1.29, 1.82) is 5.26 Å². The Balaban J connectivity index is 2.26. The first kappa shape index (κ1) is 17.2. The summed E-state index contributed by atoms with van der Waals surface area (Å²) in [6.07, 6.45) is 2.77. The van der Waals surface area contributed by atoms with Crippen LogP contribution in [0, 0.1) is 21.4 Å². The number of nitriles is 1. The van der Waals surface area contributed by atoms with E-state index in [-0.39, 0.29) is 11.8 Å². The summed E-state index contributed by atoms with van der Waals surface area (Å²) in [6, 6.07) is 15.6. The Morgan fingerprint density at radius 3 is 2.62 bits per heavy atom. The summed E-state index contributed by atoms with van der Waals surface area (Å²) in [5.74, 6) is 0.773. The van der Waals surface area contributed by atoms with Crippen molar-refractivity contribution >= 4 is 17.3 Å². The topological polar surface area (TPSA) is 76.2 Å². The van der Waals surface area contributed by atoms with Crippen LogP contribution in [-0.4, -0.2) is 11.0 Å². The lowest BCUT2D eigenvalue weighted by molar-refractivity contribution is -0.384. The lowest BCUT2D eigenvalue weighted by atomic mass is 10.0. The van der Waals surface area contributed by atoms with Gasteiger partial charge in [-0.1, -0.05) is 31.2 Å². The van der Waals surface area contributed by atoms with E-state index in [1.807, 2.05) is 31.2 Å². The Morgan fingerprint density at radius 1 is 1.33 bits per heavy atom. The Kier molecular flexibility index (Phi) is 5.69. The van der Waals surface area contributed by atoms with Crippen LogP contribution in [0.25, 0.3) is 11.6 Å². The lowest BCUT2D eigenvalue weighted by Gasteiger charge is -2.12. The minimum Gasteiger partial charge on any atom is -0.491 e. The number of nitro benzene ring substituents is 1. The average Bonchev–Trinajstić information content (AvgIpc) is 2.61. The van der Waals surface area contributed by atoms with E-state index in [2.05, 4.69) is 13.0 Å². The molecule has 2 aromatic rings. The van der Waals surface area contributed by atoms with Crippen molar-refractivity contribution in [3.63, 3.8) is 0 Å². The van der Waals surface area contributed by atoms with Crippen molar-refractivity contribution in [3.05, 3.63) is 69.8 Å². The van der Waals surface area contributed by atoms with E-state index in [9.17, 15) is 15.4 Å². The van der Waals surface area contributed by atoms with Gasteiger partial charge in [0.1, 0.15) is 5.75 Å². The van der Waals surface area contributed by atoms with Crippen molar-refractivity contribution in [2.75, 3.05) is 0 Å². The van der Waals surface area contributed by atoms with E-state index in [0.717, 1.165) is 17.7 Å². The van der Waals surface area contributed by atoms with Crippen LogP contribution in [-0.2, 0) is 0 Å². The van der Waals surface area contributed by atoms with Crippen molar-refractivity contribution in [2.24, 2.45) is 0 Å². The van der Waals surface area contributed by atoms with Crippen LogP contribution in [0.5, 0.6) is 5.75 Å². The third-order valence-electron chi connectivity index (χ3n) is 3.59. The molecule has 122 valence electrons. The minimum atomic E-state index is -0.473. The van der Waals surface area contributed by atoms with Gasteiger partial charge in [-0.2, -0.15) is 5.26 Å². The zero-order chi connectivity index (χ0) is 17.5. The maximum Gasteiger partial charge on any atom is 0.270 e. The summed E-state index contributed by atoms with van der Waals surface area (Å²) in [5, 5.41) is 20.2. The Morgan fingerprint density at radius 2 is 2.04 bits per heavy atom. The summed E-state index contributed by atoms with van der Waals surface area (Å²) in [5.41, 5.74) is 1.68. The molecule has 2 aromatic carbocycles. The minimum absolute atomic E-state index is 0.0362. The van der Waals surface area contributed by atoms with Crippen LogP contribution in [0.4, 0.5) is 5.69 Å². The molecule has 0 spiro atoms. The average molecular weight is 322 g/mol. The van der Waals surface area contributed by atoms with Crippen molar-refractivity contribution in [1.82, 2.24) is 0 Å². The second-order valence-corrected chi connectivity index (χ2v) is 5.38. The molecule has 0 radical (unpaired) electrons. The highest BCUT2D eigenvalue weighted by Gasteiger charge is 2.09. The van der Waals surface area contributed by atoms with E-state index in [0.29, 0.717) is 11.1 Å². The molecule has 0 fully saturated rings. The van der Waals surface area contributed by atoms with Gasteiger partial charge >= 0.3 is 0 Å². The van der Waals surface area contributed by atoms with E-state index in [1.165, 1.54) is 12.1 Å². The Hall–Kier alpha value is -3.13. The lowest BCUT2D eigenvalue weighted by Crippen LogP contribution is -2.09. The molecule has 0 aliphatic carbocycles. The number of non-ortho nitro benzene ring substituents is 1. The molecule has 0 bridgehead atoms. The number of hydrogen-bond donors (Lipinski definition) is 0. The predicted octanol–water partition coefficient (Wildman–Crippen LogP) is 4.84. The first-order valence-electron chi connectivity index (χ1n) is 7.66. The summed E-state index contributed by atoms with van der Waals surface area (Å²) < 4.78 is 5.72. The predicted molar refractivity (Wildman–Crippen MR) is 93.4 cm³/mol. The van der Waals surface area contributed by atoms with Crippen molar-refractivity contribution in [3.8, 4) is 11.8 Å². The van der Waals surface area contributed by atoms with Gasteiger partial charge in [-0.3, -0.25) is 10.1 Å². The molecule has 1 unspecified atom stereocenters. The number of ether oxygens (including phenoxy) is 1. The highest BCUT2D eigenvalue weighted by molar-refractivity contribution is 5.90. The zero-order valence-corrected chi connectivity index (χ0v) is 13.6. The molecule has 0 heterocycles. The number of allylic oxidation sites excluding steroid dienone is 1. The maximum atomic E-state index is 10.9. The molecule has 2 rings (SSSR count). The fourth-order valence-corrected chi connectivity index (χ4v) is 2.09. The second-order valence-electron chi connectivity index (χ2n) is 5.38. The van der Waals surface area contributed by atoms with Crippen molar-refractivity contribution < 1.29 is 9.66 Å². The third kappa shape index (κ3) is 4.43. The van der Waals surface area contributed by atoms with Crippen LogP contribution >= 0.6 is 0 Å². The normalized spacial score (nSPS) is 12.3. The maximum absolute atomic E-state index is 10.9. The number of benzene rings is 2. The first-order chi connectivity index (χ1) is 11.5. The smallest absolute Gasteiger partial charge is 0.270 e. The van der Waals surface area contributed by atoms with Gasteiger partial charge in [0.2, 0.25) is 0 Å². The van der Waals surface area contributed by atoms with Gasteiger partial charge in [-0.15, -0.1) is 0 Å². The molecule has 24 heavy (non-hydrogen) atoms. The quantitative estimate of drug-likeness (QED) is 0.330. The van der Waals surface area contributed by atoms with E-state index in [1.54, 1.807) is 18.2 Å². The molecule has 0 aliphatic heterocycles. The third-order valence-corrected chi connectivity index (χ3v) is 3.59. The van der Waals surface area contributed by atoms with Crippen LogP contribution in [0.2, 0.25) is 0 Å². The standard InChI is InChI=1S/C19H18N2O3/c1-3-14(2)24-19-9-7-15(8-10-19)11-17(13-20)16-5-4-6-18(12-16)21(22)23/h4-12,14H,3H2,1-2H3. The fourth-order valence-electron chi connectivity index (χ4n) is 2.09. The zero-order valence-electron chi connectivity index (χ0n) is 13.6.